The van der Waals surface area contributed by atoms with Gasteiger partial charge in [-0.25, -0.2) is 15.0 Å². The van der Waals surface area contributed by atoms with Crippen LogP contribution in [0.4, 0.5) is 28.7 Å². The second-order valence-corrected chi connectivity index (χ2v) is 11.7. The van der Waals surface area contributed by atoms with E-state index in [1.54, 1.807) is 7.11 Å². The molecule has 3 N–H and O–H groups in total. The molecular formula is C31H37N7O3S. The number of aromatic nitrogens is 3. The summed E-state index contributed by atoms with van der Waals surface area (Å²) < 4.78 is 14.5. The lowest BCUT2D eigenvalue weighted by molar-refractivity contribution is 0.102. The number of aryl methyl sites for hydroxylation is 1. The van der Waals surface area contributed by atoms with E-state index in [9.17, 15) is 4.79 Å². The monoisotopic (exact) mass is 587 g/mol. The Labute approximate surface area is 250 Å². The summed E-state index contributed by atoms with van der Waals surface area (Å²) in [5.74, 6) is 1.75. The van der Waals surface area contributed by atoms with Gasteiger partial charge in [-0.2, -0.15) is 0 Å². The van der Waals surface area contributed by atoms with Gasteiger partial charge in [0.15, 0.2) is 11.6 Å². The van der Waals surface area contributed by atoms with E-state index < -0.39 is 0 Å². The molecule has 0 radical (unpaired) electrons. The first-order valence-electron chi connectivity index (χ1n) is 13.8. The molecule has 1 fully saturated rings. The van der Waals surface area contributed by atoms with Crippen LogP contribution in [-0.4, -0.2) is 60.5 Å². The lowest BCUT2D eigenvalue weighted by Gasteiger charge is -2.28. The van der Waals surface area contributed by atoms with Gasteiger partial charge in [0.25, 0.3) is 5.91 Å². The molecule has 2 aromatic carbocycles. The van der Waals surface area contributed by atoms with Gasteiger partial charge in [0.2, 0.25) is 0 Å². The molecule has 10 nitrogen and oxygen atoms in total. The summed E-state index contributed by atoms with van der Waals surface area (Å²) in [6.45, 7) is 11.3. The molecule has 0 spiro atoms. The molecule has 0 saturated carbocycles. The van der Waals surface area contributed by atoms with Gasteiger partial charge in [0, 0.05) is 30.6 Å². The molecule has 0 bridgehead atoms. The van der Waals surface area contributed by atoms with Gasteiger partial charge >= 0.3 is 0 Å². The van der Waals surface area contributed by atoms with Crippen LogP contribution in [0, 0.1) is 6.92 Å². The second-order valence-electron chi connectivity index (χ2n) is 11.1. The van der Waals surface area contributed by atoms with Crippen molar-refractivity contribution in [3.05, 3.63) is 65.5 Å². The number of carbonyl (C=O) groups is 1. The Morgan fingerprint density at radius 1 is 1.02 bits per heavy atom. The van der Waals surface area contributed by atoms with Crippen molar-refractivity contribution in [3.63, 3.8) is 0 Å². The normalized spacial score (nSPS) is 13.6. The number of anilines is 5. The van der Waals surface area contributed by atoms with Crippen molar-refractivity contribution in [1.82, 2.24) is 15.0 Å². The predicted molar refractivity (Wildman–Crippen MR) is 172 cm³/mol. The molecule has 0 atom stereocenters. The van der Waals surface area contributed by atoms with E-state index in [4.69, 9.17) is 14.5 Å². The van der Waals surface area contributed by atoms with Gasteiger partial charge < -0.3 is 29.7 Å². The largest absolute Gasteiger partial charge is 0.492 e. The SMILES string of the molecule is COc1c(NSC)cc(C(C)(C)C)cc1NC(=O)c1ccc(C)c(Nc2ncnc3ccc(N4CCOCC4)nc23)c1. The number of rotatable bonds is 8. The molecule has 2 aromatic heterocycles. The van der Waals surface area contributed by atoms with Crippen LogP contribution in [0.1, 0.15) is 42.3 Å². The zero-order valence-corrected chi connectivity index (χ0v) is 25.7. The van der Waals surface area contributed by atoms with E-state index in [-0.39, 0.29) is 11.3 Å². The van der Waals surface area contributed by atoms with Crippen LogP contribution in [0.5, 0.6) is 5.75 Å². The van der Waals surface area contributed by atoms with Crippen molar-refractivity contribution in [2.24, 2.45) is 0 Å². The van der Waals surface area contributed by atoms with Crippen molar-refractivity contribution in [1.29, 1.82) is 0 Å². The summed E-state index contributed by atoms with van der Waals surface area (Å²) in [6.07, 6.45) is 3.46. The number of methoxy groups -OCH3 is 1. The zero-order valence-electron chi connectivity index (χ0n) is 24.9. The highest BCUT2D eigenvalue weighted by atomic mass is 32.2. The highest BCUT2D eigenvalue weighted by Crippen LogP contribution is 2.40. The Balaban J connectivity index is 1.45. The van der Waals surface area contributed by atoms with Crippen molar-refractivity contribution in [3.8, 4) is 5.75 Å². The summed E-state index contributed by atoms with van der Waals surface area (Å²) in [5, 5.41) is 6.49. The minimum absolute atomic E-state index is 0.127. The molecule has 42 heavy (non-hydrogen) atoms. The number of ether oxygens (including phenoxy) is 2. The predicted octanol–water partition coefficient (Wildman–Crippen LogP) is 6.16. The zero-order chi connectivity index (χ0) is 29.9. The molecule has 0 aliphatic carbocycles. The molecule has 1 aliphatic heterocycles. The Morgan fingerprint density at radius 3 is 2.50 bits per heavy atom. The summed E-state index contributed by atoms with van der Waals surface area (Å²) in [6, 6.07) is 13.5. The van der Waals surface area contributed by atoms with Gasteiger partial charge in [-0.05, 0) is 59.9 Å². The average Bonchev–Trinajstić information content (AvgIpc) is 2.98. The number of morpholine rings is 1. The van der Waals surface area contributed by atoms with Crippen molar-refractivity contribution in [2.75, 3.05) is 59.9 Å². The molecular weight excluding hydrogens is 550 g/mol. The summed E-state index contributed by atoms with van der Waals surface area (Å²) in [4.78, 5) is 29.6. The van der Waals surface area contributed by atoms with E-state index >= 15 is 0 Å². The highest BCUT2D eigenvalue weighted by Gasteiger charge is 2.22. The molecule has 1 aliphatic rings. The van der Waals surface area contributed by atoms with Crippen molar-refractivity contribution >= 4 is 57.6 Å². The van der Waals surface area contributed by atoms with Gasteiger partial charge in [-0.3, -0.25) is 4.79 Å². The first kappa shape index (κ1) is 29.4. The molecule has 3 heterocycles. The number of nitrogens with zero attached hydrogens (tertiary/aromatic N) is 4. The van der Waals surface area contributed by atoms with Crippen LogP contribution in [0.15, 0.2) is 48.8 Å². The average molecular weight is 588 g/mol. The quantitative estimate of drug-likeness (QED) is 0.207. The first-order valence-corrected chi connectivity index (χ1v) is 15.1. The summed E-state index contributed by atoms with van der Waals surface area (Å²) in [7, 11) is 1.60. The van der Waals surface area contributed by atoms with Crippen LogP contribution >= 0.6 is 11.9 Å². The van der Waals surface area contributed by atoms with Crippen LogP contribution < -0.4 is 25.0 Å². The molecule has 11 heteroatoms. The van der Waals surface area contributed by atoms with Crippen molar-refractivity contribution in [2.45, 2.75) is 33.1 Å². The molecule has 1 amide bonds. The Kier molecular flexibility index (Phi) is 8.69. The van der Waals surface area contributed by atoms with E-state index in [1.165, 1.54) is 18.3 Å². The first-order chi connectivity index (χ1) is 20.2. The van der Waals surface area contributed by atoms with E-state index in [0.29, 0.717) is 41.5 Å². The molecule has 1 saturated heterocycles. The minimum Gasteiger partial charge on any atom is -0.492 e. The number of nitrogens with one attached hydrogen (secondary N) is 3. The van der Waals surface area contributed by atoms with Gasteiger partial charge in [0.1, 0.15) is 17.7 Å². The van der Waals surface area contributed by atoms with Crippen LogP contribution in [0.2, 0.25) is 0 Å². The molecule has 220 valence electrons. The van der Waals surface area contributed by atoms with Crippen LogP contribution in [0.25, 0.3) is 11.0 Å². The molecule has 5 rings (SSSR count). The number of amides is 1. The Hall–Kier alpha value is -4.09. The fraction of sp³-hybridized carbons (Fsp3) is 0.355. The number of benzene rings is 2. The second kappa shape index (κ2) is 12.4. The van der Waals surface area contributed by atoms with E-state index in [2.05, 4.69) is 57.1 Å². The lowest BCUT2D eigenvalue weighted by atomic mass is 9.86. The van der Waals surface area contributed by atoms with Gasteiger partial charge in [-0.1, -0.05) is 38.8 Å². The fourth-order valence-electron chi connectivity index (χ4n) is 4.77. The van der Waals surface area contributed by atoms with Crippen LogP contribution in [-0.2, 0) is 10.2 Å². The summed E-state index contributed by atoms with van der Waals surface area (Å²) in [5.41, 5.74) is 5.94. The smallest absolute Gasteiger partial charge is 0.255 e. The summed E-state index contributed by atoms with van der Waals surface area (Å²) >= 11 is 1.47. The van der Waals surface area contributed by atoms with E-state index in [0.717, 1.165) is 46.9 Å². The van der Waals surface area contributed by atoms with Gasteiger partial charge in [-0.15, -0.1) is 0 Å². The maximum absolute atomic E-state index is 13.6. The highest BCUT2D eigenvalue weighted by molar-refractivity contribution is 7.99. The van der Waals surface area contributed by atoms with E-state index in [1.807, 2.05) is 49.6 Å². The fourth-order valence-corrected chi connectivity index (χ4v) is 5.14. The maximum Gasteiger partial charge on any atom is 0.255 e. The lowest BCUT2D eigenvalue weighted by Crippen LogP contribution is -2.36. The third-order valence-electron chi connectivity index (χ3n) is 7.17. The van der Waals surface area contributed by atoms with Crippen molar-refractivity contribution < 1.29 is 14.3 Å². The molecule has 4 aromatic rings. The third kappa shape index (κ3) is 6.37. The Morgan fingerprint density at radius 2 is 1.79 bits per heavy atom. The Bertz CT molecular complexity index is 1600. The maximum atomic E-state index is 13.6. The molecule has 0 unspecified atom stereocenters. The number of fused-ring (bicyclic) bond motifs is 1. The standard InChI is InChI=1S/C31H37N7O3S/c1-19-7-8-20(30(39)35-24-16-21(31(2,3)4)17-25(37-42-6)28(24)40-5)15-23(19)34-29-27-22(32-18-33-29)9-10-26(36-27)38-11-13-41-14-12-38/h7-10,15-18,37H,11-14H2,1-6H3,(H,35,39)(H,32,33,34). The minimum atomic E-state index is -0.252. The number of hydrogen-bond donors (Lipinski definition) is 3. The topological polar surface area (TPSA) is 114 Å². The van der Waals surface area contributed by atoms with Crippen LogP contribution in [0.3, 0.4) is 0 Å². The number of carbonyl (C=O) groups excluding carboxylic acids is 1. The number of hydrogen-bond acceptors (Lipinski definition) is 10. The number of pyridine rings is 1. The van der Waals surface area contributed by atoms with Gasteiger partial charge in [0.05, 0.1) is 37.2 Å². The third-order valence-corrected chi connectivity index (χ3v) is 7.60.